The van der Waals surface area contributed by atoms with Crippen LogP contribution >= 0.6 is 0 Å². The highest BCUT2D eigenvalue weighted by Crippen LogP contribution is 2.27. The second-order valence-corrected chi connectivity index (χ2v) is 4.64. The molecule has 0 unspecified atom stereocenters. The molecule has 3 N–H and O–H groups in total. The molecule has 0 bridgehead atoms. The number of nitrogens with zero attached hydrogens (tertiary/aromatic N) is 1. The smallest absolute Gasteiger partial charge is 0.389 e. The number of hydrogen-bond donors (Lipinski definition) is 3. The molecule has 0 saturated heterocycles. The van der Waals surface area contributed by atoms with Crippen molar-refractivity contribution in [3.05, 3.63) is 28.3 Å². The first-order chi connectivity index (χ1) is 10.3. The highest BCUT2D eigenvalue weighted by atomic mass is 19.4. The van der Waals surface area contributed by atoms with E-state index in [-0.39, 0.29) is 31.8 Å². The number of non-ortho nitro benzene ring substituents is 1. The van der Waals surface area contributed by atoms with Crippen molar-refractivity contribution in [1.82, 2.24) is 0 Å². The Balaban J connectivity index is 2.61. The third kappa shape index (κ3) is 6.61. The van der Waals surface area contributed by atoms with Crippen LogP contribution in [0.2, 0.25) is 0 Å². The maximum Gasteiger partial charge on any atom is 0.389 e. The second-order valence-electron chi connectivity index (χ2n) is 4.64. The fraction of sp³-hybridized carbons (Fsp3) is 0.538. The Bertz CT molecular complexity index is 495. The molecule has 1 aromatic rings. The molecule has 0 aromatic heterocycles. The summed E-state index contributed by atoms with van der Waals surface area (Å²) in [6.45, 7) is 0.424. The van der Waals surface area contributed by atoms with Crippen molar-refractivity contribution >= 4 is 17.1 Å². The first-order valence-electron chi connectivity index (χ1n) is 6.77. The lowest BCUT2D eigenvalue weighted by atomic mass is 10.2. The molecule has 22 heavy (non-hydrogen) atoms. The van der Waals surface area contributed by atoms with Crippen molar-refractivity contribution in [2.75, 3.05) is 30.3 Å². The van der Waals surface area contributed by atoms with Gasteiger partial charge in [0.2, 0.25) is 0 Å². The largest absolute Gasteiger partial charge is 0.395 e. The van der Waals surface area contributed by atoms with Gasteiger partial charge in [-0.1, -0.05) is 0 Å². The van der Waals surface area contributed by atoms with Gasteiger partial charge in [0, 0.05) is 31.6 Å². The van der Waals surface area contributed by atoms with Gasteiger partial charge in [-0.25, -0.2) is 0 Å². The number of alkyl halides is 3. The molecule has 0 aliphatic rings. The van der Waals surface area contributed by atoms with Gasteiger partial charge in [-0.15, -0.1) is 0 Å². The van der Waals surface area contributed by atoms with Crippen LogP contribution in [0.1, 0.15) is 19.3 Å². The molecule has 0 fully saturated rings. The summed E-state index contributed by atoms with van der Waals surface area (Å²) in [4.78, 5) is 10.2. The first kappa shape index (κ1) is 18.0. The van der Waals surface area contributed by atoms with Crippen molar-refractivity contribution in [3.63, 3.8) is 0 Å². The number of halogens is 3. The summed E-state index contributed by atoms with van der Waals surface area (Å²) >= 11 is 0. The van der Waals surface area contributed by atoms with Crippen LogP contribution in [0.4, 0.5) is 30.2 Å². The van der Waals surface area contributed by atoms with Crippen molar-refractivity contribution in [2.24, 2.45) is 0 Å². The molecule has 0 amide bonds. The number of nitro groups is 1. The topological polar surface area (TPSA) is 87.4 Å². The second kappa shape index (κ2) is 8.42. The molecule has 0 radical (unpaired) electrons. The monoisotopic (exact) mass is 321 g/mol. The zero-order valence-corrected chi connectivity index (χ0v) is 11.8. The van der Waals surface area contributed by atoms with Crippen LogP contribution in [0.5, 0.6) is 0 Å². The fourth-order valence-corrected chi connectivity index (χ4v) is 1.81. The minimum Gasteiger partial charge on any atom is -0.395 e. The van der Waals surface area contributed by atoms with Gasteiger partial charge in [-0.3, -0.25) is 10.1 Å². The fourth-order valence-electron chi connectivity index (χ4n) is 1.81. The van der Waals surface area contributed by atoms with E-state index < -0.39 is 17.5 Å². The Labute approximate surface area is 125 Å². The number of benzene rings is 1. The van der Waals surface area contributed by atoms with E-state index in [0.717, 1.165) is 0 Å². The van der Waals surface area contributed by atoms with E-state index in [1.165, 1.54) is 18.2 Å². The van der Waals surface area contributed by atoms with Crippen LogP contribution in [-0.2, 0) is 0 Å². The van der Waals surface area contributed by atoms with Crippen molar-refractivity contribution in [2.45, 2.75) is 25.4 Å². The quantitative estimate of drug-likeness (QED) is 0.369. The van der Waals surface area contributed by atoms with Gasteiger partial charge in [0.25, 0.3) is 5.69 Å². The Morgan fingerprint density at radius 3 is 2.41 bits per heavy atom. The standard InChI is InChI=1S/C13H18F3N3O3/c14-13(15,16)5-1-2-6-17-12-9-10(19(21)22)3-4-11(12)18-7-8-20/h3-4,9,17-18,20H,1-2,5-8H2. The molecule has 0 heterocycles. The minimum absolute atomic E-state index is 0.00910. The third-order valence-electron chi connectivity index (χ3n) is 2.84. The Kier molecular flexibility index (Phi) is 6.90. The van der Waals surface area contributed by atoms with Gasteiger partial charge in [-0.2, -0.15) is 13.2 Å². The summed E-state index contributed by atoms with van der Waals surface area (Å²) in [6, 6.07) is 4.11. The molecule has 0 spiro atoms. The summed E-state index contributed by atoms with van der Waals surface area (Å²) in [7, 11) is 0. The van der Waals surface area contributed by atoms with Crippen LogP contribution in [0, 0.1) is 10.1 Å². The van der Waals surface area contributed by atoms with Crippen molar-refractivity contribution in [1.29, 1.82) is 0 Å². The number of aliphatic hydroxyl groups excluding tert-OH is 1. The predicted octanol–water partition coefficient (Wildman–Crippen LogP) is 3.14. The van der Waals surface area contributed by atoms with E-state index in [0.29, 0.717) is 17.8 Å². The average Bonchev–Trinajstić information content (AvgIpc) is 2.44. The van der Waals surface area contributed by atoms with E-state index in [4.69, 9.17) is 5.11 Å². The maximum atomic E-state index is 12.0. The van der Waals surface area contributed by atoms with Crippen LogP contribution in [0.15, 0.2) is 18.2 Å². The maximum absolute atomic E-state index is 12.0. The Hall–Kier alpha value is -2.03. The van der Waals surface area contributed by atoms with Gasteiger partial charge in [0.05, 0.1) is 22.9 Å². The summed E-state index contributed by atoms with van der Waals surface area (Å²) in [5, 5.41) is 25.3. The molecule has 0 saturated carbocycles. The molecule has 9 heteroatoms. The highest BCUT2D eigenvalue weighted by molar-refractivity contribution is 5.71. The summed E-state index contributed by atoms with van der Waals surface area (Å²) < 4.78 is 36.1. The zero-order valence-electron chi connectivity index (χ0n) is 11.8. The van der Waals surface area contributed by atoms with Gasteiger partial charge in [0.15, 0.2) is 0 Å². The van der Waals surface area contributed by atoms with Crippen molar-refractivity contribution in [3.8, 4) is 0 Å². The van der Waals surface area contributed by atoms with Crippen LogP contribution in [0.3, 0.4) is 0 Å². The molecule has 1 aromatic carbocycles. The predicted molar refractivity (Wildman–Crippen MR) is 77.1 cm³/mol. The molecular weight excluding hydrogens is 303 g/mol. The molecule has 0 aliphatic heterocycles. The van der Waals surface area contributed by atoms with Gasteiger partial charge in [-0.05, 0) is 18.9 Å². The minimum atomic E-state index is -4.17. The van der Waals surface area contributed by atoms with E-state index in [2.05, 4.69) is 10.6 Å². The SMILES string of the molecule is O=[N+]([O-])c1ccc(NCCO)c(NCCCCC(F)(F)F)c1. The molecule has 1 rings (SSSR count). The van der Waals surface area contributed by atoms with Crippen LogP contribution < -0.4 is 10.6 Å². The van der Waals surface area contributed by atoms with E-state index in [1.807, 2.05) is 0 Å². The normalized spacial score (nSPS) is 11.3. The lowest BCUT2D eigenvalue weighted by molar-refractivity contribution is -0.384. The molecule has 0 atom stereocenters. The number of unbranched alkanes of at least 4 members (excludes halogenated alkanes) is 1. The van der Waals surface area contributed by atoms with E-state index in [1.54, 1.807) is 0 Å². The summed E-state index contributed by atoms with van der Waals surface area (Å²) in [5.74, 6) is 0. The van der Waals surface area contributed by atoms with Crippen LogP contribution in [0.25, 0.3) is 0 Å². The average molecular weight is 321 g/mol. The molecule has 6 nitrogen and oxygen atoms in total. The number of anilines is 2. The lowest BCUT2D eigenvalue weighted by Crippen LogP contribution is -2.11. The first-order valence-corrected chi connectivity index (χ1v) is 6.77. The van der Waals surface area contributed by atoms with E-state index >= 15 is 0 Å². The van der Waals surface area contributed by atoms with Gasteiger partial charge < -0.3 is 15.7 Å². The van der Waals surface area contributed by atoms with Crippen molar-refractivity contribution < 1.29 is 23.2 Å². The summed E-state index contributed by atoms with van der Waals surface area (Å²) in [5.41, 5.74) is 0.859. The number of rotatable bonds is 9. The number of nitro benzene ring substituents is 1. The molecule has 124 valence electrons. The van der Waals surface area contributed by atoms with Gasteiger partial charge in [0.1, 0.15) is 0 Å². The third-order valence-corrected chi connectivity index (χ3v) is 2.84. The number of hydrogen-bond acceptors (Lipinski definition) is 5. The van der Waals surface area contributed by atoms with E-state index in [9.17, 15) is 23.3 Å². The van der Waals surface area contributed by atoms with Gasteiger partial charge >= 0.3 is 6.18 Å². The summed E-state index contributed by atoms with van der Waals surface area (Å²) in [6.07, 6.45) is -4.73. The Morgan fingerprint density at radius 1 is 1.14 bits per heavy atom. The lowest BCUT2D eigenvalue weighted by Gasteiger charge is -2.13. The van der Waals surface area contributed by atoms with Crippen LogP contribution in [-0.4, -0.2) is 35.9 Å². The number of aliphatic hydroxyl groups is 1. The number of nitrogens with one attached hydrogen (secondary N) is 2. The zero-order chi connectivity index (χ0) is 16.6. The molecule has 0 aliphatic carbocycles. The molecular formula is C13H18F3N3O3. The highest BCUT2D eigenvalue weighted by Gasteiger charge is 2.25. The Morgan fingerprint density at radius 2 is 1.82 bits per heavy atom.